The Balaban J connectivity index is 1.66. The van der Waals surface area contributed by atoms with E-state index in [1.165, 1.54) is 11.1 Å². The standard InChI is InChI=1S/C20H22N4O/c1-11-9-23-17(10-22-11)19-24-16-7-13-6-15-12(2)20(3,4-5-21-15)14(13)8-18(16)25-19/h7-10,12,15,21H,4-6H2,1-3H3/t12-,15-,20-/m1/s1. The van der Waals surface area contributed by atoms with Crippen LogP contribution in [0.25, 0.3) is 22.7 Å². The van der Waals surface area contributed by atoms with Crippen LogP contribution < -0.4 is 5.32 Å². The number of hydrogen-bond acceptors (Lipinski definition) is 5. The minimum absolute atomic E-state index is 0.203. The Morgan fingerprint density at radius 1 is 1.24 bits per heavy atom. The molecule has 1 saturated heterocycles. The summed E-state index contributed by atoms with van der Waals surface area (Å²) in [5, 5.41) is 3.69. The summed E-state index contributed by atoms with van der Waals surface area (Å²) in [4.78, 5) is 13.4. The minimum atomic E-state index is 0.203. The molecule has 2 aliphatic rings. The van der Waals surface area contributed by atoms with Gasteiger partial charge in [0.1, 0.15) is 11.2 Å². The number of benzene rings is 1. The molecule has 1 aromatic carbocycles. The third-order valence-electron chi connectivity index (χ3n) is 6.33. The van der Waals surface area contributed by atoms with Gasteiger partial charge >= 0.3 is 0 Å². The molecule has 0 saturated carbocycles. The molecule has 25 heavy (non-hydrogen) atoms. The Morgan fingerprint density at radius 2 is 2.12 bits per heavy atom. The lowest BCUT2D eigenvalue weighted by Crippen LogP contribution is -2.56. The molecule has 2 aromatic heterocycles. The zero-order valence-electron chi connectivity index (χ0n) is 14.8. The van der Waals surface area contributed by atoms with Gasteiger partial charge in [0, 0.05) is 12.2 Å². The molecule has 0 radical (unpaired) electrons. The van der Waals surface area contributed by atoms with E-state index < -0.39 is 0 Å². The van der Waals surface area contributed by atoms with E-state index in [4.69, 9.17) is 4.42 Å². The third-order valence-corrected chi connectivity index (χ3v) is 6.33. The van der Waals surface area contributed by atoms with Crippen molar-refractivity contribution in [1.29, 1.82) is 0 Å². The molecule has 0 amide bonds. The highest BCUT2D eigenvalue weighted by Crippen LogP contribution is 2.47. The van der Waals surface area contributed by atoms with Gasteiger partial charge in [0.05, 0.1) is 11.9 Å². The maximum absolute atomic E-state index is 6.05. The molecule has 5 nitrogen and oxygen atoms in total. The van der Waals surface area contributed by atoms with E-state index in [0.29, 0.717) is 23.5 Å². The van der Waals surface area contributed by atoms with Crippen molar-refractivity contribution in [2.75, 3.05) is 6.54 Å². The highest BCUT2D eigenvalue weighted by atomic mass is 16.3. The molecular formula is C20H22N4O. The van der Waals surface area contributed by atoms with Crippen molar-refractivity contribution >= 4 is 11.1 Å². The molecule has 1 aliphatic heterocycles. The highest BCUT2D eigenvalue weighted by Gasteiger charge is 2.45. The number of aryl methyl sites for hydroxylation is 1. The Hall–Kier alpha value is -2.27. The first-order chi connectivity index (χ1) is 12.0. The van der Waals surface area contributed by atoms with Crippen LogP contribution in [0.1, 0.15) is 37.1 Å². The van der Waals surface area contributed by atoms with Crippen LogP contribution in [0.15, 0.2) is 28.9 Å². The van der Waals surface area contributed by atoms with Gasteiger partial charge in [-0.25, -0.2) is 9.97 Å². The largest absolute Gasteiger partial charge is 0.435 e. The smallest absolute Gasteiger partial charge is 0.247 e. The van der Waals surface area contributed by atoms with Crippen molar-refractivity contribution in [2.45, 2.75) is 45.1 Å². The molecule has 5 rings (SSSR count). The maximum Gasteiger partial charge on any atom is 0.247 e. The Morgan fingerprint density at radius 3 is 2.92 bits per heavy atom. The third kappa shape index (κ3) is 2.15. The molecule has 1 N–H and O–H groups in total. The number of piperidine rings is 1. The molecule has 3 atom stereocenters. The van der Waals surface area contributed by atoms with Gasteiger partial charge in [-0.15, -0.1) is 0 Å². The molecule has 2 bridgehead atoms. The summed E-state index contributed by atoms with van der Waals surface area (Å²) < 4.78 is 6.05. The van der Waals surface area contributed by atoms with Gasteiger partial charge in [-0.3, -0.25) is 4.98 Å². The first-order valence-electron chi connectivity index (χ1n) is 9.01. The number of rotatable bonds is 1. The Kier molecular flexibility index (Phi) is 3.07. The van der Waals surface area contributed by atoms with Gasteiger partial charge in [0.25, 0.3) is 0 Å². The molecule has 1 aliphatic carbocycles. The van der Waals surface area contributed by atoms with E-state index >= 15 is 0 Å². The second-order valence-electron chi connectivity index (χ2n) is 7.76. The zero-order chi connectivity index (χ0) is 17.2. The van der Waals surface area contributed by atoms with Crippen LogP contribution in [0.3, 0.4) is 0 Å². The molecule has 1 fully saturated rings. The molecule has 5 heteroatoms. The monoisotopic (exact) mass is 334 g/mol. The van der Waals surface area contributed by atoms with E-state index in [0.717, 1.165) is 36.2 Å². The fourth-order valence-corrected chi connectivity index (χ4v) is 4.56. The molecular weight excluding hydrogens is 312 g/mol. The molecule has 3 aromatic rings. The normalized spacial score (nSPS) is 28.1. The van der Waals surface area contributed by atoms with Crippen molar-refractivity contribution in [3.8, 4) is 11.6 Å². The number of nitrogens with one attached hydrogen (secondary N) is 1. The minimum Gasteiger partial charge on any atom is -0.435 e. The fourth-order valence-electron chi connectivity index (χ4n) is 4.56. The summed E-state index contributed by atoms with van der Waals surface area (Å²) in [6, 6.07) is 4.99. The van der Waals surface area contributed by atoms with Crippen LogP contribution in [0.5, 0.6) is 0 Å². The van der Waals surface area contributed by atoms with E-state index in [-0.39, 0.29) is 5.41 Å². The summed E-state index contributed by atoms with van der Waals surface area (Å²) in [6.07, 6.45) is 5.69. The van der Waals surface area contributed by atoms with E-state index in [2.05, 4.69) is 46.2 Å². The number of aromatic nitrogens is 3. The van der Waals surface area contributed by atoms with Crippen LogP contribution in [0, 0.1) is 12.8 Å². The first kappa shape index (κ1) is 15.0. The highest BCUT2D eigenvalue weighted by molar-refractivity contribution is 5.78. The number of oxazole rings is 1. The van der Waals surface area contributed by atoms with Gasteiger partial charge in [0.2, 0.25) is 5.89 Å². The lowest BCUT2D eigenvalue weighted by Gasteiger charge is -2.50. The lowest BCUT2D eigenvalue weighted by molar-refractivity contribution is 0.158. The Labute approximate surface area is 146 Å². The van der Waals surface area contributed by atoms with Gasteiger partial charge in [-0.1, -0.05) is 13.8 Å². The fraction of sp³-hybridized carbons (Fsp3) is 0.450. The van der Waals surface area contributed by atoms with Gasteiger partial charge in [0.15, 0.2) is 5.58 Å². The van der Waals surface area contributed by atoms with E-state index in [1.54, 1.807) is 12.4 Å². The summed E-state index contributed by atoms with van der Waals surface area (Å²) in [5.41, 5.74) is 6.36. The summed E-state index contributed by atoms with van der Waals surface area (Å²) >= 11 is 0. The van der Waals surface area contributed by atoms with Crippen LogP contribution >= 0.6 is 0 Å². The number of nitrogens with zero attached hydrogens (tertiary/aromatic N) is 3. The SMILES string of the molecule is Cc1cnc(-c2nc3cc4c(cc3o2)[C@]2(C)CCN[C@H](C4)[C@H]2C)cn1. The van der Waals surface area contributed by atoms with Gasteiger partial charge < -0.3 is 9.73 Å². The second kappa shape index (κ2) is 5.11. The van der Waals surface area contributed by atoms with Crippen molar-refractivity contribution in [1.82, 2.24) is 20.3 Å². The van der Waals surface area contributed by atoms with Crippen molar-refractivity contribution in [3.05, 3.63) is 41.3 Å². The van der Waals surface area contributed by atoms with Crippen molar-refractivity contribution < 1.29 is 4.42 Å². The molecule has 128 valence electrons. The summed E-state index contributed by atoms with van der Waals surface area (Å²) in [7, 11) is 0. The van der Waals surface area contributed by atoms with Gasteiger partial charge in [-0.2, -0.15) is 0 Å². The summed E-state index contributed by atoms with van der Waals surface area (Å²) in [5.74, 6) is 1.17. The topological polar surface area (TPSA) is 63.8 Å². The zero-order valence-corrected chi connectivity index (χ0v) is 14.8. The Bertz CT molecular complexity index is 962. The van der Waals surface area contributed by atoms with Gasteiger partial charge in [-0.05, 0) is 60.9 Å². The quantitative estimate of drug-likeness (QED) is 0.739. The van der Waals surface area contributed by atoms with Crippen molar-refractivity contribution in [2.24, 2.45) is 5.92 Å². The van der Waals surface area contributed by atoms with Crippen LogP contribution in [0.2, 0.25) is 0 Å². The van der Waals surface area contributed by atoms with E-state index in [1.807, 2.05) is 6.92 Å². The molecule has 0 spiro atoms. The molecule has 0 unspecified atom stereocenters. The van der Waals surface area contributed by atoms with Crippen LogP contribution in [-0.4, -0.2) is 27.5 Å². The lowest BCUT2D eigenvalue weighted by atomic mass is 9.59. The van der Waals surface area contributed by atoms with E-state index in [9.17, 15) is 0 Å². The predicted octanol–water partition coefficient (Wildman–Crippen LogP) is 3.41. The average Bonchev–Trinajstić information content (AvgIpc) is 3.00. The summed E-state index contributed by atoms with van der Waals surface area (Å²) in [6.45, 7) is 7.78. The number of fused-ring (bicyclic) bond motifs is 5. The molecule has 3 heterocycles. The second-order valence-corrected chi connectivity index (χ2v) is 7.76. The maximum atomic E-state index is 6.05. The van der Waals surface area contributed by atoms with Crippen molar-refractivity contribution in [3.63, 3.8) is 0 Å². The van der Waals surface area contributed by atoms with Crippen LogP contribution in [0.4, 0.5) is 0 Å². The number of hydrogen-bond donors (Lipinski definition) is 1. The predicted molar refractivity (Wildman–Crippen MR) is 96.4 cm³/mol. The van der Waals surface area contributed by atoms with Crippen LogP contribution in [-0.2, 0) is 11.8 Å². The first-order valence-corrected chi connectivity index (χ1v) is 9.01. The average molecular weight is 334 g/mol.